The van der Waals surface area contributed by atoms with Crippen molar-refractivity contribution in [3.8, 4) is 11.8 Å². The number of hydrogen-bond acceptors (Lipinski definition) is 2. The Balaban J connectivity index is 2.34. The predicted molar refractivity (Wildman–Crippen MR) is 54.4 cm³/mol. The van der Waals surface area contributed by atoms with Crippen LogP contribution < -0.4 is 4.74 Å². The average molecular weight is 226 g/mol. The first-order chi connectivity index (χ1) is 7.20. The molecule has 1 aromatic carbocycles. The molecule has 0 aromatic heterocycles. The van der Waals surface area contributed by atoms with Gasteiger partial charge in [-0.05, 0) is 25.0 Å². The summed E-state index contributed by atoms with van der Waals surface area (Å²) < 4.78 is 18.6. The number of halogens is 2. The molecule has 0 spiro atoms. The van der Waals surface area contributed by atoms with E-state index in [0.29, 0.717) is 11.3 Å². The van der Waals surface area contributed by atoms with Crippen molar-refractivity contribution in [3.63, 3.8) is 0 Å². The predicted octanol–water partition coefficient (Wildman–Crippen LogP) is 3.09. The van der Waals surface area contributed by atoms with Crippen molar-refractivity contribution in [1.29, 1.82) is 5.26 Å². The number of rotatable bonds is 3. The lowest BCUT2D eigenvalue weighted by atomic mass is 10.1. The zero-order chi connectivity index (χ0) is 10.8. The lowest BCUT2D eigenvalue weighted by Crippen LogP contribution is -2.01. The molecule has 0 atom stereocenters. The van der Waals surface area contributed by atoms with E-state index in [4.69, 9.17) is 21.6 Å². The summed E-state index contributed by atoms with van der Waals surface area (Å²) in [5.41, 5.74) is 0.523. The van der Waals surface area contributed by atoms with Crippen LogP contribution in [0.5, 0.6) is 5.75 Å². The largest absolute Gasteiger partial charge is 0.489 e. The summed E-state index contributed by atoms with van der Waals surface area (Å²) in [4.78, 5) is 0. The summed E-state index contributed by atoms with van der Waals surface area (Å²) in [5.74, 6) is 0.0236. The molecule has 78 valence electrons. The molecule has 1 aliphatic rings. The van der Waals surface area contributed by atoms with Crippen LogP contribution in [0.4, 0.5) is 4.39 Å². The van der Waals surface area contributed by atoms with Gasteiger partial charge in [-0.1, -0.05) is 11.6 Å². The van der Waals surface area contributed by atoms with Crippen molar-refractivity contribution < 1.29 is 9.13 Å². The van der Waals surface area contributed by atoms with Gasteiger partial charge in [-0.2, -0.15) is 5.26 Å². The topological polar surface area (TPSA) is 33.0 Å². The molecular formula is C11H9ClFNO. The number of benzene rings is 1. The molecular weight excluding hydrogens is 217 g/mol. The Labute approximate surface area is 92.2 Å². The Hall–Kier alpha value is -1.27. The van der Waals surface area contributed by atoms with Crippen molar-refractivity contribution >= 4 is 11.6 Å². The van der Waals surface area contributed by atoms with Gasteiger partial charge in [0.1, 0.15) is 11.6 Å². The fourth-order valence-electron chi connectivity index (χ4n) is 1.31. The Morgan fingerprint density at radius 3 is 2.87 bits per heavy atom. The van der Waals surface area contributed by atoms with E-state index in [1.807, 2.05) is 6.07 Å². The van der Waals surface area contributed by atoms with Crippen molar-refractivity contribution in [3.05, 3.63) is 28.5 Å². The molecule has 1 fully saturated rings. The van der Waals surface area contributed by atoms with Crippen molar-refractivity contribution in [1.82, 2.24) is 0 Å². The fraction of sp³-hybridized carbons (Fsp3) is 0.364. The van der Waals surface area contributed by atoms with Gasteiger partial charge in [0.15, 0.2) is 0 Å². The summed E-state index contributed by atoms with van der Waals surface area (Å²) in [6.07, 6.45) is 2.30. The highest BCUT2D eigenvalue weighted by molar-refractivity contribution is 6.32. The van der Waals surface area contributed by atoms with Gasteiger partial charge < -0.3 is 4.74 Å². The molecule has 2 rings (SSSR count). The molecule has 0 saturated heterocycles. The van der Waals surface area contributed by atoms with Gasteiger partial charge in [0.2, 0.25) is 0 Å². The van der Waals surface area contributed by atoms with Crippen molar-refractivity contribution in [2.75, 3.05) is 0 Å². The van der Waals surface area contributed by atoms with Crippen LogP contribution in [0.25, 0.3) is 0 Å². The molecule has 1 aromatic rings. The molecule has 0 amide bonds. The van der Waals surface area contributed by atoms with Gasteiger partial charge >= 0.3 is 0 Å². The highest BCUT2D eigenvalue weighted by Gasteiger charge is 2.26. The van der Waals surface area contributed by atoms with Crippen LogP contribution in [0, 0.1) is 17.1 Å². The maximum atomic E-state index is 13.0. The molecule has 0 bridgehead atoms. The molecule has 0 unspecified atom stereocenters. The van der Waals surface area contributed by atoms with Crippen LogP contribution in [0.2, 0.25) is 5.02 Å². The Morgan fingerprint density at radius 2 is 2.27 bits per heavy atom. The van der Waals surface area contributed by atoms with Gasteiger partial charge in [-0.15, -0.1) is 0 Å². The van der Waals surface area contributed by atoms with Crippen LogP contribution in [0.15, 0.2) is 12.1 Å². The van der Waals surface area contributed by atoms with E-state index in [2.05, 4.69) is 0 Å². The Bertz CT molecular complexity index is 423. The van der Waals surface area contributed by atoms with E-state index in [-0.39, 0.29) is 17.5 Å². The van der Waals surface area contributed by atoms with Crippen LogP contribution in [-0.4, -0.2) is 6.10 Å². The first-order valence-electron chi connectivity index (χ1n) is 4.72. The summed E-state index contributed by atoms with van der Waals surface area (Å²) >= 11 is 5.87. The second kappa shape index (κ2) is 4.08. The van der Waals surface area contributed by atoms with Gasteiger partial charge in [0.25, 0.3) is 0 Å². The first-order valence-corrected chi connectivity index (χ1v) is 5.10. The number of ether oxygens (including phenoxy) is 1. The third-order valence-corrected chi connectivity index (χ3v) is 2.44. The van der Waals surface area contributed by atoms with Crippen LogP contribution in [0.1, 0.15) is 18.4 Å². The third-order valence-electron chi connectivity index (χ3n) is 2.16. The molecule has 1 saturated carbocycles. The van der Waals surface area contributed by atoms with Crippen LogP contribution >= 0.6 is 11.6 Å². The summed E-state index contributed by atoms with van der Waals surface area (Å²) in [5, 5.41) is 8.85. The molecule has 15 heavy (non-hydrogen) atoms. The van der Waals surface area contributed by atoms with Crippen LogP contribution in [0.3, 0.4) is 0 Å². The molecule has 0 radical (unpaired) electrons. The third kappa shape index (κ3) is 2.40. The second-order valence-corrected chi connectivity index (χ2v) is 3.94. The second-order valence-electron chi connectivity index (χ2n) is 3.53. The molecule has 0 N–H and O–H groups in total. The summed E-state index contributed by atoms with van der Waals surface area (Å²) in [6, 6.07) is 4.47. The normalized spacial score (nSPS) is 14.7. The van der Waals surface area contributed by atoms with E-state index in [1.165, 1.54) is 12.1 Å². The number of hydrogen-bond donors (Lipinski definition) is 0. The minimum Gasteiger partial charge on any atom is -0.489 e. The van der Waals surface area contributed by atoms with Crippen molar-refractivity contribution in [2.45, 2.75) is 25.4 Å². The quantitative estimate of drug-likeness (QED) is 0.792. The standard InChI is InChI=1S/C11H9ClFNO/c12-10-6-8(13)5-7(3-4-14)11(10)15-9-1-2-9/h5-6,9H,1-3H2. The lowest BCUT2D eigenvalue weighted by molar-refractivity contribution is 0.300. The number of nitriles is 1. The first kappa shape index (κ1) is 10.3. The zero-order valence-corrected chi connectivity index (χ0v) is 8.72. The SMILES string of the molecule is N#CCc1cc(F)cc(Cl)c1OC1CC1. The number of nitrogens with zero attached hydrogens (tertiary/aromatic N) is 1. The average Bonchev–Trinajstić information content (AvgIpc) is 2.95. The fourth-order valence-corrected chi connectivity index (χ4v) is 1.58. The molecule has 1 aliphatic carbocycles. The molecule has 0 aliphatic heterocycles. The van der Waals surface area contributed by atoms with Gasteiger partial charge in [-0.25, -0.2) is 4.39 Å². The zero-order valence-electron chi connectivity index (χ0n) is 7.96. The maximum absolute atomic E-state index is 13.0. The lowest BCUT2D eigenvalue weighted by Gasteiger charge is -2.10. The van der Waals surface area contributed by atoms with Gasteiger partial charge in [0, 0.05) is 5.56 Å². The molecule has 0 heterocycles. The maximum Gasteiger partial charge on any atom is 0.142 e. The van der Waals surface area contributed by atoms with Crippen molar-refractivity contribution in [2.24, 2.45) is 0 Å². The molecule has 4 heteroatoms. The highest BCUT2D eigenvalue weighted by atomic mass is 35.5. The van der Waals surface area contributed by atoms with Gasteiger partial charge in [-0.3, -0.25) is 0 Å². The minimum absolute atomic E-state index is 0.111. The molecule has 2 nitrogen and oxygen atoms in total. The van der Waals surface area contributed by atoms with Crippen LogP contribution in [-0.2, 0) is 6.42 Å². The Morgan fingerprint density at radius 1 is 1.53 bits per heavy atom. The van der Waals surface area contributed by atoms with E-state index in [0.717, 1.165) is 12.8 Å². The van der Waals surface area contributed by atoms with E-state index in [1.54, 1.807) is 0 Å². The summed E-state index contributed by atoms with van der Waals surface area (Å²) in [6.45, 7) is 0. The van der Waals surface area contributed by atoms with E-state index >= 15 is 0 Å². The van der Waals surface area contributed by atoms with E-state index < -0.39 is 5.82 Å². The Kier molecular flexibility index (Phi) is 2.79. The summed E-state index contributed by atoms with van der Waals surface area (Å²) in [7, 11) is 0. The van der Waals surface area contributed by atoms with E-state index in [9.17, 15) is 4.39 Å². The smallest absolute Gasteiger partial charge is 0.142 e. The van der Waals surface area contributed by atoms with Gasteiger partial charge in [0.05, 0.1) is 23.6 Å². The monoisotopic (exact) mass is 225 g/mol. The minimum atomic E-state index is -0.437. The highest BCUT2D eigenvalue weighted by Crippen LogP contribution is 2.35.